The third kappa shape index (κ3) is 28.9. The largest absolute Gasteiger partial charge is 0.480 e. The van der Waals surface area contributed by atoms with Crippen LogP contribution in [0, 0.1) is 0 Å². The summed E-state index contributed by atoms with van der Waals surface area (Å²) in [5, 5.41) is 25.1. The number of rotatable bonds is 20. The summed E-state index contributed by atoms with van der Waals surface area (Å²) < 4.78 is 0. The van der Waals surface area contributed by atoms with E-state index in [4.69, 9.17) is 15.9 Å². The molecule has 2 unspecified atom stereocenters. The van der Waals surface area contributed by atoms with Gasteiger partial charge in [-0.15, -0.1) is 0 Å². The quantitative estimate of drug-likeness (QED) is 0.153. The second-order valence-corrected chi connectivity index (χ2v) is 8.88. The molecule has 206 valence electrons. The number of aliphatic hydroxyl groups is 1. The Bertz CT molecular complexity index is 429. The van der Waals surface area contributed by atoms with Crippen LogP contribution in [0.25, 0.3) is 0 Å². The molecule has 0 heterocycles. The Kier molecular flexibility index (Phi) is 32.8. The average molecular weight is 491 g/mol. The molecule has 0 saturated carbocycles. The fourth-order valence-electron chi connectivity index (χ4n) is 3.66. The zero-order valence-electron chi connectivity index (χ0n) is 23.1. The van der Waals surface area contributed by atoms with Crippen molar-refractivity contribution < 1.29 is 24.9 Å². The maximum absolute atomic E-state index is 11.4. The molecular weight excluding hydrogens is 432 g/mol. The average Bonchev–Trinajstić information content (AvgIpc) is 2.79. The molecule has 7 nitrogen and oxygen atoms in total. The predicted molar refractivity (Wildman–Crippen MR) is 143 cm³/mol. The van der Waals surface area contributed by atoms with E-state index in [2.05, 4.69) is 11.8 Å². The van der Waals surface area contributed by atoms with Crippen molar-refractivity contribution in [2.45, 2.75) is 143 Å². The van der Waals surface area contributed by atoms with Crippen molar-refractivity contribution in [2.24, 2.45) is 5.73 Å². The molecule has 0 aliphatic rings. The zero-order valence-corrected chi connectivity index (χ0v) is 23.1. The second kappa shape index (κ2) is 29.9. The van der Waals surface area contributed by atoms with Crippen LogP contribution in [-0.4, -0.2) is 63.9 Å². The number of likely N-dealkylation sites (N-methyl/N-ethyl adjacent to an activating group) is 1. The van der Waals surface area contributed by atoms with E-state index < -0.39 is 18.0 Å². The first-order valence-corrected chi connectivity index (χ1v) is 13.8. The van der Waals surface area contributed by atoms with Gasteiger partial charge in [0.1, 0.15) is 12.1 Å². The molecule has 34 heavy (non-hydrogen) atoms. The molecule has 0 aromatic carbocycles. The van der Waals surface area contributed by atoms with E-state index in [1.807, 2.05) is 20.8 Å². The second-order valence-electron chi connectivity index (χ2n) is 8.88. The van der Waals surface area contributed by atoms with E-state index in [-0.39, 0.29) is 6.04 Å². The van der Waals surface area contributed by atoms with Gasteiger partial charge in [0.15, 0.2) is 0 Å². The lowest BCUT2D eigenvalue weighted by Gasteiger charge is -2.26. The smallest absolute Gasteiger partial charge is 0.332 e. The summed E-state index contributed by atoms with van der Waals surface area (Å²) in [6.07, 6.45) is 18.4. The summed E-state index contributed by atoms with van der Waals surface area (Å²) in [5.74, 6) is -1.84. The molecule has 0 saturated heterocycles. The monoisotopic (exact) mass is 490 g/mol. The minimum absolute atomic E-state index is 0.285. The highest BCUT2D eigenvalue weighted by Crippen LogP contribution is 2.15. The number of nitrogens with two attached hydrogens (primary N) is 1. The minimum atomic E-state index is -1.23. The zero-order chi connectivity index (χ0) is 26.6. The van der Waals surface area contributed by atoms with Crippen LogP contribution in [0.2, 0.25) is 0 Å². The van der Waals surface area contributed by atoms with Crippen LogP contribution in [-0.2, 0) is 9.59 Å². The van der Waals surface area contributed by atoms with Crippen LogP contribution in [0.1, 0.15) is 131 Å². The molecule has 0 aliphatic heterocycles. The molecule has 0 aromatic heterocycles. The van der Waals surface area contributed by atoms with Crippen molar-refractivity contribution in [3.05, 3.63) is 0 Å². The number of unbranched alkanes of at least 4 members (excludes halogenated alkanes) is 13. The summed E-state index contributed by atoms with van der Waals surface area (Å²) in [5.41, 5.74) is 4.85. The van der Waals surface area contributed by atoms with Crippen molar-refractivity contribution in [2.75, 3.05) is 19.6 Å². The standard InChI is InChI=1S/C22H45NO2.C3H6O3.C2H7N/c1-4-7-8-9-10-11-12-13-14-15-16-17-18-19-20-21(22(24)25)23(5-2)6-3;1-2(4)3(5)6;1-2-3/h21H,4-20H2,1-3H3,(H,24,25);2,4H,1H3,(H,5,6);2-3H2,1H3. The summed E-state index contributed by atoms with van der Waals surface area (Å²) in [6.45, 7) is 11.9. The van der Waals surface area contributed by atoms with Crippen LogP contribution in [0.5, 0.6) is 0 Å². The van der Waals surface area contributed by atoms with Gasteiger partial charge in [0.25, 0.3) is 0 Å². The molecule has 0 spiro atoms. The number of carboxylic acids is 2. The van der Waals surface area contributed by atoms with Gasteiger partial charge in [-0.1, -0.05) is 118 Å². The van der Waals surface area contributed by atoms with Gasteiger partial charge in [-0.3, -0.25) is 9.69 Å². The van der Waals surface area contributed by atoms with Crippen LogP contribution >= 0.6 is 0 Å². The molecule has 0 radical (unpaired) electrons. The van der Waals surface area contributed by atoms with Gasteiger partial charge in [-0.05, 0) is 33.0 Å². The van der Waals surface area contributed by atoms with Crippen LogP contribution < -0.4 is 5.73 Å². The molecule has 0 fully saturated rings. The van der Waals surface area contributed by atoms with Gasteiger partial charge in [0.05, 0.1) is 0 Å². The molecule has 7 heteroatoms. The Balaban J connectivity index is -0.000000902. The number of aliphatic carboxylic acids is 2. The Morgan fingerprint density at radius 1 is 0.676 bits per heavy atom. The van der Waals surface area contributed by atoms with Crippen LogP contribution in [0.3, 0.4) is 0 Å². The van der Waals surface area contributed by atoms with Gasteiger partial charge >= 0.3 is 11.9 Å². The molecular formula is C27H58N2O5. The fourth-order valence-corrected chi connectivity index (χ4v) is 3.66. The van der Waals surface area contributed by atoms with E-state index in [1.54, 1.807) is 0 Å². The number of carboxylic acid groups (broad SMARTS) is 2. The van der Waals surface area contributed by atoms with E-state index in [1.165, 1.54) is 90.4 Å². The van der Waals surface area contributed by atoms with Crippen molar-refractivity contribution >= 4 is 11.9 Å². The van der Waals surface area contributed by atoms with Crippen LogP contribution in [0.15, 0.2) is 0 Å². The lowest BCUT2D eigenvalue weighted by atomic mass is 10.0. The van der Waals surface area contributed by atoms with Gasteiger partial charge in [-0.25, -0.2) is 4.79 Å². The first-order chi connectivity index (χ1) is 16.2. The van der Waals surface area contributed by atoms with Crippen molar-refractivity contribution in [1.29, 1.82) is 0 Å². The van der Waals surface area contributed by atoms with E-state index in [0.29, 0.717) is 0 Å². The number of hydrogen-bond donors (Lipinski definition) is 4. The highest BCUT2D eigenvalue weighted by atomic mass is 16.4. The Morgan fingerprint density at radius 2 is 0.971 bits per heavy atom. The topological polar surface area (TPSA) is 124 Å². The Labute approximate surface area is 210 Å². The highest BCUT2D eigenvalue weighted by Gasteiger charge is 2.22. The van der Waals surface area contributed by atoms with Crippen molar-refractivity contribution in [3.63, 3.8) is 0 Å². The Hall–Kier alpha value is -1.18. The van der Waals surface area contributed by atoms with Crippen LogP contribution in [0.4, 0.5) is 0 Å². The van der Waals surface area contributed by atoms with Crippen molar-refractivity contribution in [3.8, 4) is 0 Å². The number of hydrogen-bond acceptors (Lipinski definition) is 5. The van der Waals surface area contributed by atoms with Crippen molar-refractivity contribution in [1.82, 2.24) is 4.90 Å². The third-order valence-electron chi connectivity index (χ3n) is 5.73. The SMILES string of the molecule is CC(O)C(=O)O.CCCCCCCCCCCCCCCCC(C(=O)O)N(CC)CC.CCN. The molecule has 2 atom stereocenters. The Morgan fingerprint density at radius 3 is 1.21 bits per heavy atom. The molecule has 5 N–H and O–H groups in total. The highest BCUT2D eigenvalue weighted by molar-refractivity contribution is 5.73. The summed E-state index contributed by atoms with van der Waals surface area (Å²) >= 11 is 0. The van der Waals surface area contributed by atoms with Gasteiger partial charge in [-0.2, -0.15) is 0 Å². The summed E-state index contributed by atoms with van der Waals surface area (Å²) in [4.78, 5) is 22.9. The predicted octanol–water partition coefficient (Wildman–Crippen LogP) is 6.07. The first-order valence-electron chi connectivity index (χ1n) is 13.8. The lowest BCUT2D eigenvalue weighted by molar-refractivity contribution is -0.145. The van der Waals surface area contributed by atoms with E-state index >= 15 is 0 Å². The van der Waals surface area contributed by atoms with Gasteiger partial charge < -0.3 is 21.1 Å². The minimum Gasteiger partial charge on any atom is -0.480 e. The first kappa shape index (κ1) is 37.4. The van der Waals surface area contributed by atoms with E-state index in [9.17, 15) is 14.7 Å². The van der Waals surface area contributed by atoms with E-state index in [0.717, 1.165) is 32.5 Å². The molecule has 0 aliphatic carbocycles. The normalized spacial score (nSPS) is 12.2. The lowest BCUT2D eigenvalue weighted by Crippen LogP contribution is -2.40. The third-order valence-corrected chi connectivity index (χ3v) is 5.73. The maximum Gasteiger partial charge on any atom is 0.332 e. The number of carbonyl (C=O) groups is 2. The van der Waals surface area contributed by atoms with Gasteiger partial charge in [0, 0.05) is 0 Å². The fraction of sp³-hybridized carbons (Fsp3) is 0.926. The number of nitrogens with zero attached hydrogens (tertiary/aromatic N) is 1. The molecule has 0 amide bonds. The molecule has 0 rings (SSSR count). The molecule has 0 bridgehead atoms. The summed E-state index contributed by atoms with van der Waals surface area (Å²) in [6, 6.07) is -0.285. The van der Waals surface area contributed by atoms with Gasteiger partial charge in [0.2, 0.25) is 0 Å². The molecule has 0 aromatic rings. The number of aliphatic hydroxyl groups excluding tert-OH is 1. The summed E-state index contributed by atoms with van der Waals surface area (Å²) in [7, 11) is 0. The maximum atomic E-state index is 11.4.